The number of aliphatic hydroxyl groups excluding tert-OH is 1. The first kappa shape index (κ1) is 15.7. The molecule has 0 aromatic heterocycles. The second-order valence-electron chi connectivity index (χ2n) is 5.12. The minimum absolute atomic E-state index is 0.0925. The Labute approximate surface area is 123 Å². The van der Waals surface area contributed by atoms with Crippen LogP contribution in [0.2, 0.25) is 5.02 Å². The summed E-state index contributed by atoms with van der Waals surface area (Å²) in [7, 11) is -2.51. The Hall–Kier alpha value is -0.690. The Morgan fingerprint density at radius 3 is 2.70 bits per heavy atom. The molecular formula is C13H17ClFNO3S. The Balaban J connectivity index is 2.20. The summed E-state index contributed by atoms with van der Waals surface area (Å²) in [6.45, 7) is 0.186. The first-order valence-electron chi connectivity index (χ1n) is 6.42. The van der Waals surface area contributed by atoms with Gasteiger partial charge >= 0.3 is 0 Å². The molecule has 1 fully saturated rings. The lowest BCUT2D eigenvalue weighted by Gasteiger charge is -2.23. The average Bonchev–Trinajstić information content (AvgIpc) is 2.74. The van der Waals surface area contributed by atoms with Gasteiger partial charge in [0.1, 0.15) is 10.7 Å². The molecule has 112 valence electrons. The molecule has 1 saturated carbocycles. The van der Waals surface area contributed by atoms with Crippen molar-refractivity contribution in [2.45, 2.75) is 30.3 Å². The van der Waals surface area contributed by atoms with Crippen LogP contribution in [-0.4, -0.2) is 37.5 Å². The molecule has 7 heteroatoms. The summed E-state index contributed by atoms with van der Waals surface area (Å²) in [6, 6.07) is 3.48. The van der Waals surface area contributed by atoms with Crippen molar-refractivity contribution in [1.82, 2.24) is 4.31 Å². The van der Waals surface area contributed by atoms with Crippen LogP contribution in [0.4, 0.5) is 4.39 Å². The molecule has 0 amide bonds. The lowest BCUT2D eigenvalue weighted by atomic mass is 10.1. The highest BCUT2D eigenvalue weighted by molar-refractivity contribution is 7.89. The minimum Gasteiger partial charge on any atom is -0.393 e. The normalized spacial score (nSPS) is 23.4. The topological polar surface area (TPSA) is 57.6 Å². The maximum atomic E-state index is 13.8. The fourth-order valence-corrected chi connectivity index (χ4v) is 3.94. The molecule has 0 saturated heterocycles. The van der Waals surface area contributed by atoms with Crippen LogP contribution in [0.25, 0.3) is 0 Å². The summed E-state index contributed by atoms with van der Waals surface area (Å²) in [4.78, 5) is -0.392. The van der Waals surface area contributed by atoms with Crippen molar-refractivity contribution in [3.63, 3.8) is 0 Å². The van der Waals surface area contributed by atoms with E-state index in [9.17, 15) is 17.9 Å². The molecule has 1 aliphatic carbocycles. The van der Waals surface area contributed by atoms with E-state index in [1.165, 1.54) is 13.1 Å². The third-order valence-corrected chi connectivity index (χ3v) is 5.78. The molecule has 4 nitrogen and oxygen atoms in total. The van der Waals surface area contributed by atoms with Crippen molar-refractivity contribution >= 4 is 21.6 Å². The molecule has 1 aromatic carbocycles. The van der Waals surface area contributed by atoms with Crippen LogP contribution >= 0.6 is 11.6 Å². The van der Waals surface area contributed by atoms with Crippen molar-refractivity contribution in [3.8, 4) is 0 Å². The van der Waals surface area contributed by atoms with Gasteiger partial charge in [0.25, 0.3) is 0 Å². The van der Waals surface area contributed by atoms with Crippen molar-refractivity contribution in [3.05, 3.63) is 29.0 Å². The number of halogens is 2. The van der Waals surface area contributed by atoms with Gasteiger partial charge in [-0.05, 0) is 37.0 Å². The third-order valence-electron chi connectivity index (χ3n) is 3.69. The van der Waals surface area contributed by atoms with Crippen LogP contribution in [-0.2, 0) is 10.0 Å². The zero-order valence-electron chi connectivity index (χ0n) is 11.1. The Kier molecular flexibility index (Phi) is 4.69. The van der Waals surface area contributed by atoms with Gasteiger partial charge in [0.2, 0.25) is 10.0 Å². The lowest BCUT2D eigenvalue weighted by molar-refractivity contribution is 0.123. The van der Waals surface area contributed by atoms with E-state index in [1.54, 1.807) is 0 Å². The first-order valence-corrected chi connectivity index (χ1v) is 8.23. The van der Waals surface area contributed by atoms with Crippen molar-refractivity contribution < 1.29 is 17.9 Å². The zero-order valence-corrected chi connectivity index (χ0v) is 12.7. The molecule has 0 aliphatic heterocycles. The monoisotopic (exact) mass is 321 g/mol. The fraction of sp³-hybridized carbons (Fsp3) is 0.538. The lowest BCUT2D eigenvalue weighted by Crippen LogP contribution is -2.34. The maximum Gasteiger partial charge on any atom is 0.245 e. The van der Waals surface area contributed by atoms with Gasteiger partial charge in [-0.25, -0.2) is 17.1 Å². The molecule has 0 bridgehead atoms. The number of rotatable bonds is 4. The van der Waals surface area contributed by atoms with Crippen LogP contribution < -0.4 is 0 Å². The molecule has 2 rings (SSSR count). The summed E-state index contributed by atoms with van der Waals surface area (Å²) in [5.41, 5.74) is 0. The molecule has 1 N–H and O–H groups in total. The van der Waals surface area contributed by atoms with Gasteiger partial charge in [0.15, 0.2) is 0 Å². The molecule has 1 aliphatic rings. The summed E-state index contributed by atoms with van der Waals surface area (Å²) < 4.78 is 39.5. The predicted octanol–water partition coefficient (Wildman–Crippen LogP) is 2.26. The second-order valence-corrected chi connectivity index (χ2v) is 7.57. The fourth-order valence-electron chi connectivity index (χ4n) is 2.51. The SMILES string of the molecule is CN(CC1CCCC1O)S(=O)(=O)c1ccc(Cl)cc1F. The quantitative estimate of drug-likeness (QED) is 0.925. The van der Waals surface area contributed by atoms with E-state index in [0.29, 0.717) is 6.42 Å². The van der Waals surface area contributed by atoms with Gasteiger partial charge in [0.05, 0.1) is 6.10 Å². The van der Waals surface area contributed by atoms with Crippen LogP contribution in [0.1, 0.15) is 19.3 Å². The van der Waals surface area contributed by atoms with Gasteiger partial charge in [0, 0.05) is 18.6 Å². The largest absolute Gasteiger partial charge is 0.393 e. The highest BCUT2D eigenvalue weighted by atomic mass is 35.5. The van der Waals surface area contributed by atoms with E-state index in [4.69, 9.17) is 11.6 Å². The average molecular weight is 322 g/mol. The van der Waals surface area contributed by atoms with Gasteiger partial charge in [-0.2, -0.15) is 0 Å². The standard InChI is InChI=1S/C13H17ClFNO3S/c1-16(8-9-3-2-4-12(9)17)20(18,19)13-6-5-10(14)7-11(13)15/h5-7,9,12,17H,2-4,8H2,1H3. The number of aliphatic hydroxyl groups is 1. The van der Waals surface area contributed by atoms with Gasteiger partial charge in [-0.3, -0.25) is 0 Å². The van der Waals surface area contributed by atoms with Gasteiger partial charge in [-0.1, -0.05) is 18.0 Å². The minimum atomic E-state index is -3.91. The van der Waals surface area contributed by atoms with E-state index in [1.807, 2.05) is 0 Å². The van der Waals surface area contributed by atoms with E-state index < -0.39 is 26.8 Å². The predicted molar refractivity (Wildman–Crippen MR) is 74.6 cm³/mol. The zero-order chi connectivity index (χ0) is 14.9. The first-order chi connectivity index (χ1) is 9.32. The molecule has 0 radical (unpaired) electrons. The van der Waals surface area contributed by atoms with Crippen LogP contribution in [0.3, 0.4) is 0 Å². The van der Waals surface area contributed by atoms with Crippen molar-refractivity contribution in [1.29, 1.82) is 0 Å². The summed E-state index contributed by atoms with van der Waals surface area (Å²) in [5.74, 6) is -0.957. The maximum absolute atomic E-state index is 13.8. The van der Waals surface area contributed by atoms with Crippen molar-refractivity contribution in [2.24, 2.45) is 5.92 Å². The van der Waals surface area contributed by atoms with Crippen LogP contribution in [0.5, 0.6) is 0 Å². The number of hydrogen-bond acceptors (Lipinski definition) is 3. The molecule has 2 unspecified atom stereocenters. The number of hydrogen-bond donors (Lipinski definition) is 1. The smallest absolute Gasteiger partial charge is 0.245 e. The third kappa shape index (κ3) is 3.14. The molecule has 20 heavy (non-hydrogen) atoms. The van der Waals surface area contributed by atoms with E-state index in [-0.39, 0.29) is 17.5 Å². The van der Waals surface area contributed by atoms with E-state index in [2.05, 4.69) is 0 Å². The molecule has 0 heterocycles. The summed E-state index contributed by atoms with van der Waals surface area (Å²) in [6.07, 6.45) is 1.87. The Morgan fingerprint density at radius 1 is 1.45 bits per heavy atom. The van der Waals surface area contributed by atoms with Gasteiger partial charge in [-0.15, -0.1) is 0 Å². The number of sulfonamides is 1. The van der Waals surface area contributed by atoms with Crippen LogP contribution in [0.15, 0.2) is 23.1 Å². The van der Waals surface area contributed by atoms with Gasteiger partial charge < -0.3 is 5.11 Å². The second kappa shape index (κ2) is 5.97. The molecule has 0 spiro atoms. The summed E-state index contributed by atoms with van der Waals surface area (Å²) >= 11 is 5.62. The Morgan fingerprint density at radius 2 is 2.15 bits per heavy atom. The molecular weight excluding hydrogens is 305 g/mol. The highest BCUT2D eigenvalue weighted by Crippen LogP contribution is 2.28. The van der Waals surface area contributed by atoms with E-state index in [0.717, 1.165) is 29.3 Å². The van der Waals surface area contributed by atoms with Crippen LogP contribution in [0, 0.1) is 11.7 Å². The number of benzene rings is 1. The molecule has 2 atom stereocenters. The van der Waals surface area contributed by atoms with E-state index >= 15 is 0 Å². The number of nitrogens with zero attached hydrogens (tertiary/aromatic N) is 1. The highest BCUT2D eigenvalue weighted by Gasteiger charge is 2.31. The van der Waals surface area contributed by atoms with Crippen molar-refractivity contribution in [2.75, 3.05) is 13.6 Å². The molecule has 1 aromatic rings. The Bertz CT molecular complexity index is 593. The summed E-state index contributed by atoms with van der Waals surface area (Å²) in [5, 5.41) is 9.90.